The van der Waals surface area contributed by atoms with E-state index in [1.54, 1.807) is 29.7 Å². The highest BCUT2D eigenvalue weighted by atomic mass is 35.5. The number of carbonyl (C=O) groups excluding carboxylic acids is 1. The third kappa shape index (κ3) is 3.00. The molecule has 0 spiro atoms. The minimum atomic E-state index is -0.509. The molecule has 0 saturated carbocycles. The minimum Gasteiger partial charge on any atom is -0.461 e. The van der Waals surface area contributed by atoms with Gasteiger partial charge in [-0.25, -0.2) is 4.79 Å². The van der Waals surface area contributed by atoms with E-state index in [2.05, 4.69) is 0 Å². The van der Waals surface area contributed by atoms with E-state index in [9.17, 15) is 14.9 Å². The molecule has 0 aliphatic rings. The van der Waals surface area contributed by atoms with Gasteiger partial charge in [0.25, 0.3) is 5.69 Å². The first-order valence-electron chi connectivity index (χ1n) is 7.19. The Hall–Kier alpha value is -2.38. The van der Waals surface area contributed by atoms with Crippen molar-refractivity contribution in [3.63, 3.8) is 0 Å². The molecule has 2 heterocycles. The number of fused-ring (bicyclic) bond motifs is 1. The van der Waals surface area contributed by atoms with Gasteiger partial charge in [-0.2, -0.15) is 0 Å². The van der Waals surface area contributed by atoms with E-state index in [1.165, 1.54) is 23.5 Å². The number of esters is 1. The van der Waals surface area contributed by atoms with Crippen LogP contribution in [0, 0.1) is 10.1 Å². The molecular weight excluding hydrogens is 352 g/mol. The summed E-state index contributed by atoms with van der Waals surface area (Å²) in [5.74, 6) is -0.509. The molecule has 1 aromatic carbocycles. The van der Waals surface area contributed by atoms with Crippen molar-refractivity contribution < 1.29 is 14.5 Å². The van der Waals surface area contributed by atoms with Crippen LogP contribution in [0.4, 0.5) is 5.69 Å². The second-order valence-electron chi connectivity index (χ2n) is 5.01. The Morgan fingerprint density at radius 3 is 2.79 bits per heavy atom. The third-order valence-electron chi connectivity index (χ3n) is 3.55. The Balaban J connectivity index is 2.19. The number of non-ortho nitro benzene ring substituents is 1. The Kier molecular flexibility index (Phi) is 4.55. The fourth-order valence-corrected chi connectivity index (χ4v) is 3.64. The second kappa shape index (κ2) is 6.62. The van der Waals surface area contributed by atoms with E-state index in [0.29, 0.717) is 21.8 Å². The van der Waals surface area contributed by atoms with Gasteiger partial charge in [-0.3, -0.25) is 10.1 Å². The lowest BCUT2D eigenvalue weighted by molar-refractivity contribution is -0.383. The number of aromatic nitrogens is 1. The van der Waals surface area contributed by atoms with Crippen LogP contribution in [0.5, 0.6) is 0 Å². The van der Waals surface area contributed by atoms with E-state index < -0.39 is 10.9 Å². The van der Waals surface area contributed by atoms with Gasteiger partial charge in [-0.15, -0.1) is 11.3 Å². The zero-order valence-corrected chi connectivity index (χ0v) is 14.3. The Morgan fingerprint density at radius 2 is 2.17 bits per heavy atom. The zero-order valence-electron chi connectivity index (χ0n) is 12.7. The first-order valence-corrected chi connectivity index (χ1v) is 8.38. The Labute approximate surface area is 146 Å². The maximum atomic E-state index is 12.3. The van der Waals surface area contributed by atoms with Crippen molar-refractivity contribution in [2.45, 2.75) is 13.5 Å². The van der Waals surface area contributed by atoms with Crippen LogP contribution in [0.2, 0.25) is 4.34 Å². The number of thiophene rings is 1. The molecule has 0 aliphatic heterocycles. The first kappa shape index (κ1) is 16.5. The number of carbonyl (C=O) groups is 1. The predicted octanol–water partition coefficient (Wildman–Crippen LogP) is 4.49. The summed E-state index contributed by atoms with van der Waals surface area (Å²) in [5.41, 5.74) is 0.850. The standard InChI is InChI=1S/C16H13ClN2O4S/c1-2-23-16(20)14-8-11-12(4-3-5-13(11)19(21)22)18(14)9-10-6-7-15(17)24-10/h3-8H,2,9H2,1H3. The third-order valence-corrected chi connectivity index (χ3v) is 4.76. The highest BCUT2D eigenvalue weighted by molar-refractivity contribution is 7.16. The smallest absolute Gasteiger partial charge is 0.354 e. The maximum absolute atomic E-state index is 12.3. The van der Waals surface area contributed by atoms with Crippen LogP contribution >= 0.6 is 22.9 Å². The van der Waals surface area contributed by atoms with Gasteiger partial charge in [0.05, 0.1) is 33.3 Å². The van der Waals surface area contributed by atoms with Crippen LogP contribution < -0.4 is 0 Å². The predicted molar refractivity (Wildman–Crippen MR) is 93.0 cm³/mol. The van der Waals surface area contributed by atoms with Crippen LogP contribution in [-0.4, -0.2) is 22.1 Å². The molecule has 8 heteroatoms. The number of nitro groups is 1. The van der Waals surface area contributed by atoms with Gasteiger partial charge in [-0.1, -0.05) is 17.7 Å². The number of halogens is 1. The van der Waals surface area contributed by atoms with Crippen LogP contribution in [-0.2, 0) is 11.3 Å². The van der Waals surface area contributed by atoms with Crippen LogP contribution in [0.25, 0.3) is 10.9 Å². The summed E-state index contributed by atoms with van der Waals surface area (Å²) in [5, 5.41) is 11.7. The Bertz CT molecular complexity index is 931. The van der Waals surface area contributed by atoms with Crippen LogP contribution in [0.1, 0.15) is 22.3 Å². The van der Waals surface area contributed by atoms with E-state index in [1.807, 2.05) is 6.07 Å². The topological polar surface area (TPSA) is 74.4 Å². The van der Waals surface area contributed by atoms with Crippen molar-refractivity contribution in [3.05, 3.63) is 61.4 Å². The van der Waals surface area contributed by atoms with E-state index >= 15 is 0 Å². The van der Waals surface area contributed by atoms with Crippen molar-refractivity contribution in [3.8, 4) is 0 Å². The molecule has 6 nitrogen and oxygen atoms in total. The molecule has 0 aliphatic carbocycles. The molecule has 2 aromatic heterocycles. The minimum absolute atomic E-state index is 0.0407. The van der Waals surface area contributed by atoms with Gasteiger partial charge in [0, 0.05) is 10.9 Å². The van der Waals surface area contributed by atoms with Crippen LogP contribution in [0.3, 0.4) is 0 Å². The Morgan fingerprint density at radius 1 is 1.38 bits per heavy atom. The first-order chi connectivity index (χ1) is 11.5. The summed E-state index contributed by atoms with van der Waals surface area (Å²) < 4.78 is 7.46. The van der Waals surface area contributed by atoms with E-state index in [4.69, 9.17) is 16.3 Å². The summed E-state index contributed by atoms with van der Waals surface area (Å²) >= 11 is 7.36. The summed E-state index contributed by atoms with van der Waals surface area (Å²) in [4.78, 5) is 24.0. The lowest BCUT2D eigenvalue weighted by Gasteiger charge is -2.09. The molecular formula is C16H13ClN2O4S. The summed E-state index contributed by atoms with van der Waals surface area (Å²) in [6.45, 7) is 2.33. The average Bonchev–Trinajstić information content (AvgIpc) is 3.11. The fourth-order valence-electron chi connectivity index (χ4n) is 2.57. The molecule has 0 radical (unpaired) electrons. The lowest BCUT2D eigenvalue weighted by atomic mass is 10.2. The van der Waals surface area contributed by atoms with Crippen LogP contribution in [0.15, 0.2) is 36.4 Å². The molecule has 3 rings (SSSR count). The molecule has 124 valence electrons. The lowest BCUT2D eigenvalue weighted by Crippen LogP contribution is -2.12. The van der Waals surface area contributed by atoms with Crippen molar-refractivity contribution in [1.82, 2.24) is 4.57 Å². The zero-order chi connectivity index (χ0) is 17.3. The van der Waals surface area contributed by atoms with Gasteiger partial charge >= 0.3 is 5.97 Å². The number of rotatable bonds is 5. The second-order valence-corrected chi connectivity index (χ2v) is 6.81. The largest absolute Gasteiger partial charge is 0.461 e. The number of nitrogens with zero attached hydrogens (tertiary/aromatic N) is 2. The highest BCUT2D eigenvalue weighted by Gasteiger charge is 2.22. The van der Waals surface area contributed by atoms with Crippen molar-refractivity contribution >= 4 is 45.5 Å². The van der Waals surface area contributed by atoms with Gasteiger partial charge < -0.3 is 9.30 Å². The van der Waals surface area contributed by atoms with Crippen molar-refractivity contribution in [1.29, 1.82) is 0 Å². The highest BCUT2D eigenvalue weighted by Crippen LogP contribution is 2.31. The van der Waals surface area contributed by atoms with Gasteiger partial charge in [0.2, 0.25) is 0 Å². The monoisotopic (exact) mass is 364 g/mol. The molecule has 0 amide bonds. The number of hydrogen-bond donors (Lipinski definition) is 0. The summed E-state index contributed by atoms with van der Waals surface area (Å²) in [6.07, 6.45) is 0. The van der Waals surface area contributed by atoms with Crippen molar-refractivity contribution in [2.24, 2.45) is 0 Å². The molecule has 0 N–H and O–H groups in total. The molecule has 3 aromatic rings. The van der Waals surface area contributed by atoms with Gasteiger partial charge in [-0.05, 0) is 31.2 Å². The van der Waals surface area contributed by atoms with Gasteiger partial charge in [0.1, 0.15) is 5.69 Å². The SMILES string of the molecule is CCOC(=O)c1cc2c([N+](=O)[O-])cccc2n1Cc1ccc(Cl)s1. The fraction of sp³-hybridized carbons (Fsp3) is 0.188. The van der Waals surface area contributed by atoms with E-state index in [0.717, 1.165) is 4.88 Å². The number of ether oxygens (including phenoxy) is 1. The van der Waals surface area contributed by atoms with Gasteiger partial charge in [0.15, 0.2) is 0 Å². The number of benzene rings is 1. The summed E-state index contributed by atoms with van der Waals surface area (Å²) in [6, 6.07) is 9.93. The summed E-state index contributed by atoms with van der Waals surface area (Å²) in [7, 11) is 0. The molecule has 0 fully saturated rings. The molecule has 0 atom stereocenters. The molecule has 0 saturated heterocycles. The van der Waals surface area contributed by atoms with E-state index in [-0.39, 0.29) is 18.0 Å². The average molecular weight is 365 g/mol. The number of hydrogen-bond acceptors (Lipinski definition) is 5. The maximum Gasteiger partial charge on any atom is 0.354 e. The molecule has 0 bridgehead atoms. The van der Waals surface area contributed by atoms with Crippen molar-refractivity contribution in [2.75, 3.05) is 6.61 Å². The molecule has 0 unspecified atom stereocenters. The quantitative estimate of drug-likeness (QED) is 0.380. The normalized spacial score (nSPS) is 10.9. The number of nitro benzene ring substituents is 1. The molecule has 24 heavy (non-hydrogen) atoms.